The number of hydrogen-bond donors (Lipinski definition) is 2. The Balaban J connectivity index is 1.92. The van der Waals surface area contributed by atoms with Crippen molar-refractivity contribution < 1.29 is 14.6 Å². The zero-order valence-corrected chi connectivity index (χ0v) is 9.21. The van der Waals surface area contributed by atoms with Crippen LogP contribution in [0.4, 0.5) is 0 Å². The van der Waals surface area contributed by atoms with Gasteiger partial charge in [0, 0.05) is 19.1 Å². The maximum absolute atomic E-state index is 11.5. The number of nitrogens with one attached hydrogen (secondary N) is 1. The molecule has 0 spiro atoms. The van der Waals surface area contributed by atoms with Gasteiger partial charge in [-0.1, -0.05) is 12.8 Å². The number of carbonyl (C=O) groups is 1. The second-order valence-corrected chi connectivity index (χ2v) is 3.96. The van der Waals surface area contributed by atoms with E-state index in [2.05, 4.69) is 5.32 Å². The summed E-state index contributed by atoms with van der Waals surface area (Å²) in [7, 11) is 0. The summed E-state index contributed by atoms with van der Waals surface area (Å²) in [6.07, 6.45) is 5.30. The normalized spacial score (nSPS) is 16.9. The van der Waals surface area contributed by atoms with Crippen LogP contribution in [0.3, 0.4) is 0 Å². The van der Waals surface area contributed by atoms with Gasteiger partial charge in [0.1, 0.15) is 0 Å². The van der Waals surface area contributed by atoms with E-state index in [1.165, 1.54) is 12.8 Å². The van der Waals surface area contributed by atoms with Gasteiger partial charge in [0.2, 0.25) is 5.91 Å². The van der Waals surface area contributed by atoms with Gasteiger partial charge in [0.15, 0.2) is 0 Å². The molecule has 1 aliphatic carbocycles. The zero-order chi connectivity index (χ0) is 10.9. The van der Waals surface area contributed by atoms with Crippen LogP contribution in [0.25, 0.3) is 0 Å². The minimum absolute atomic E-state index is 0.0639. The molecule has 1 rings (SSSR count). The number of aliphatic hydroxyl groups is 1. The van der Waals surface area contributed by atoms with Gasteiger partial charge in [-0.15, -0.1) is 0 Å². The van der Waals surface area contributed by atoms with Crippen LogP contribution in [0.2, 0.25) is 0 Å². The van der Waals surface area contributed by atoms with Gasteiger partial charge in [0.25, 0.3) is 0 Å². The molecule has 0 radical (unpaired) electrons. The molecule has 2 N–H and O–H groups in total. The molecular formula is C11H21NO3. The fraction of sp³-hybridized carbons (Fsp3) is 0.909. The number of rotatable bonds is 7. The highest BCUT2D eigenvalue weighted by atomic mass is 16.5. The molecule has 88 valence electrons. The third-order valence-electron chi connectivity index (χ3n) is 2.73. The highest BCUT2D eigenvalue weighted by molar-refractivity contribution is 5.78. The SMILES string of the molecule is O=C(NCCCOCCO)C1CCCC1. The first kappa shape index (κ1) is 12.5. The predicted molar refractivity (Wildman–Crippen MR) is 57.5 cm³/mol. The van der Waals surface area contributed by atoms with E-state index in [4.69, 9.17) is 9.84 Å². The van der Waals surface area contributed by atoms with Gasteiger partial charge in [-0.05, 0) is 19.3 Å². The molecule has 4 heteroatoms. The third-order valence-corrected chi connectivity index (χ3v) is 2.73. The number of amides is 1. The summed E-state index contributed by atoms with van der Waals surface area (Å²) in [4.78, 5) is 11.5. The van der Waals surface area contributed by atoms with Crippen molar-refractivity contribution in [3.8, 4) is 0 Å². The van der Waals surface area contributed by atoms with Crippen LogP contribution in [0.1, 0.15) is 32.1 Å². The molecule has 0 aromatic heterocycles. The monoisotopic (exact) mass is 215 g/mol. The molecule has 0 saturated heterocycles. The first-order valence-electron chi connectivity index (χ1n) is 5.81. The van der Waals surface area contributed by atoms with Crippen molar-refractivity contribution in [1.29, 1.82) is 0 Å². The maximum atomic E-state index is 11.5. The molecule has 1 saturated carbocycles. The second kappa shape index (κ2) is 7.65. The molecule has 0 aromatic rings. The van der Waals surface area contributed by atoms with E-state index in [1.54, 1.807) is 0 Å². The summed E-state index contributed by atoms with van der Waals surface area (Å²) >= 11 is 0. The summed E-state index contributed by atoms with van der Waals surface area (Å²) in [5, 5.41) is 11.4. The predicted octanol–water partition coefficient (Wildman–Crippen LogP) is 0.692. The van der Waals surface area contributed by atoms with Gasteiger partial charge in [-0.2, -0.15) is 0 Å². The van der Waals surface area contributed by atoms with Gasteiger partial charge >= 0.3 is 0 Å². The molecule has 0 atom stereocenters. The first-order valence-corrected chi connectivity index (χ1v) is 5.81. The molecule has 0 aliphatic heterocycles. The van der Waals surface area contributed by atoms with Crippen LogP contribution < -0.4 is 5.32 Å². The minimum Gasteiger partial charge on any atom is -0.394 e. The molecular weight excluding hydrogens is 194 g/mol. The molecule has 0 bridgehead atoms. The number of aliphatic hydroxyl groups excluding tert-OH is 1. The molecule has 1 amide bonds. The minimum atomic E-state index is 0.0639. The highest BCUT2D eigenvalue weighted by Crippen LogP contribution is 2.24. The molecule has 15 heavy (non-hydrogen) atoms. The lowest BCUT2D eigenvalue weighted by Crippen LogP contribution is -2.30. The lowest BCUT2D eigenvalue weighted by atomic mass is 10.1. The summed E-state index contributed by atoms with van der Waals surface area (Å²) in [6.45, 7) is 1.73. The number of hydrogen-bond acceptors (Lipinski definition) is 3. The lowest BCUT2D eigenvalue weighted by molar-refractivity contribution is -0.124. The molecule has 0 heterocycles. The van der Waals surface area contributed by atoms with E-state index >= 15 is 0 Å². The van der Waals surface area contributed by atoms with Crippen molar-refractivity contribution in [3.05, 3.63) is 0 Å². The maximum Gasteiger partial charge on any atom is 0.223 e. The molecule has 0 aromatic carbocycles. The third kappa shape index (κ3) is 5.14. The van der Waals surface area contributed by atoms with Crippen molar-refractivity contribution in [3.63, 3.8) is 0 Å². The Hall–Kier alpha value is -0.610. The molecule has 0 unspecified atom stereocenters. The molecule has 1 aliphatic rings. The standard InChI is InChI=1S/C11H21NO3/c13-7-9-15-8-3-6-12-11(14)10-4-1-2-5-10/h10,13H,1-9H2,(H,12,14). The fourth-order valence-corrected chi connectivity index (χ4v) is 1.88. The first-order chi connectivity index (χ1) is 7.34. The smallest absolute Gasteiger partial charge is 0.223 e. The van der Waals surface area contributed by atoms with Crippen molar-refractivity contribution in [2.75, 3.05) is 26.4 Å². The van der Waals surface area contributed by atoms with Crippen LogP contribution in [0, 0.1) is 5.92 Å². The summed E-state index contributed by atoms with van der Waals surface area (Å²) in [5.41, 5.74) is 0. The van der Waals surface area contributed by atoms with Crippen molar-refractivity contribution in [1.82, 2.24) is 5.32 Å². The molecule has 1 fully saturated rings. The Kier molecular flexibility index (Phi) is 6.36. The van der Waals surface area contributed by atoms with Gasteiger partial charge in [0.05, 0.1) is 13.2 Å². The summed E-state index contributed by atoms with van der Waals surface area (Å²) < 4.78 is 5.09. The lowest BCUT2D eigenvalue weighted by Gasteiger charge is -2.09. The van der Waals surface area contributed by atoms with Crippen molar-refractivity contribution >= 4 is 5.91 Å². The Morgan fingerprint density at radius 3 is 2.73 bits per heavy atom. The van der Waals surface area contributed by atoms with E-state index in [0.717, 1.165) is 19.3 Å². The Labute approximate surface area is 91.0 Å². The van der Waals surface area contributed by atoms with Crippen molar-refractivity contribution in [2.24, 2.45) is 5.92 Å². The zero-order valence-electron chi connectivity index (χ0n) is 9.21. The second-order valence-electron chi connectivity index (χ2n) is 3.96. The van der Waals surface area contributed by atoms with Crippen LogP contribution in [-0.2, 0) is 9.53 Å². The number of carbonyl (C=O) groups excluding carboxylic acids is 1. The van der Waals surface area contributed by atoms with E-state index in [0.29, 0.717) is 19.8 Å². The van der Waals surface area contributed by atoms with E-state index < -0.39 is 0 Å². The topological polar surface area (TPSA) is 58.6 Å². The average Bonchev–Trinajstić information content (AvgIpc) is 2.76. The van der Waals surface area contributed by atoms with E-state index in [1.807, 2.05) is 0 Å². The van der Waals surface area contributed by atoms with Gasteiger partial charge in [-0.3, -0.25) is 4.79 Å². The highest BCUT2D eigenvalue weighted by Gasteiger charge is 2.21. The Morgan fingerprint density at radius 2 is 2.07 bits per heavy atom. The van der Waals surface area contributed by atoms with Crippen LogP contribution >= 0.6 is 0 Å². The van der Waals surface area contributed by atoms with Crippen LogP contribution in [0.15, 0.2) is 0 Å². The molecule has 4 nitrogen and oxygen atoms in total. The summed E-state index contributed by atoms with van der Waals surface area (Å²) in [5.74, 6) is 0.456. The number of ether oxygens (including phenoxy) is 1. The summed E-state index contributed by atoms with van der Waals surface area (Å²) in [6, 6.07) is 0. The van der Waals surface area contributed by atoms with Crippen molar-refractivity contribution in [2.45, 2.75) is 32.1 Å². The Morgan fingerprint density at radius 1 is 1.33 bits per heavy atom. The van der Waals surface area contributed by atoms with E-state index in [-0.39, 0.29) is 18.4 Å². The van der Waals surface area contributed by atoms with Crippen LogP contribution in [-0.4, -0.2) is 37.4 Å². The van der Waals surface area contributed by atoms with E-state index in [9.17, 15) is 4.79 Å². The van der Waals surface area contributed by atoms with Gasteiger partial charge in [-0.25, -0.2) is 0 Å². The Bertz CT molecular complexity index is 179. The fourth-order valence-electron chi connectivity index (χ4n) is 1.88. The van der Waals surface area contributed by atoms with Crippen LogP contribution in [0.5, 0.6) is 0 Å². The largest absolute Gasteiger partial charge is 0.394 e. The quantitative estimate of drug-likeness (QED) is 0.614. The van der Waals surface area contributed by atoms with Gasteiger partial charge < -0.3 is 15.2 Å². The average molecular weight is 215 g/mol.